The van der Waals surface area contributed by atoms with Crippen LogP contribution < -0.4 is 15.4 Å². The summed E-state index contributed by atoms with van der Waals surface area (Å²) in [5.41, 5.74) is 8.53. The maximum absolute atomic E-state index is 13.2. The average molecular weight is 488 g/mol. The van der Waals surface area contributed by atoms with Gasteiger partial charge in [0.25, 0.3) is 5.22 Å². The fraction of sp³-hybridized carbons (Fsp3) is 0.148. The summed E-state index contributed by atoms with van der Waals surface area (Å²) in [5.74, 6) is 0.728. The van der Waals surface area contributed by atoms with Crippen LogP contribution in [0.25, 0.3) is 22.6 Å². The van der Waals surface area contributed by atoms with E-state index in [2.05, 4.69) is 0 Å². The summed E-state index contributed by atoms with van der Waals surface area (Å²) in [6.45, 7) is 0.178. The molecular weight excluding hydrogens is 462 g/mol. The minimum Gasteiger partial charge on any atom is -0.497 e. The van der Waals surface area contributed by atoms with Gasteiger partial charge >= 0.3 is 0 Å². The van der Waals surface area contributed by atoms with Crippen LogP contribution in [0.15, 0.2) is 94.6 Å². The number of benzene rings is 3. The van der Waals surface area contributed by atoms with Gasteiger partial charge in [-0.1, -0.05) is 72.4 Å². The summed E-state index contributed by atoms with van der Waals surface area (Å²) in [7, 11) is 1.57. The summed E-state index contributed by atoms with van der Waals surface area (Å²) in [5, 5.41) is 0.389. The van der Waals surface area contributed by atoms with Crippen molar-refractivity contribution in [1.29, 1.82) is 0 Å². The Kier molecular flexibility index (Phi) is 7.84. The highest BCUT2D eigenvalue weighted by atomic mass is 32.2. The molecule has 1 heterocycles. The fourth-order valence-electron chi connectivity index (χ4n) is 3.52. The third-order valence-electron chi connectivity index (χ3n) is 5.28. The van der Waals surface area contributed by atoms with E-state index in [1.807, 2.05) is 60.7 Å². The van der Waals surface area contributed by atoms with Crippen LogP contribution in [0.3, 0.4) is 0 Å². The fourth-order valence-corrected chi connectivity index (χ4v) is 4.22. The number of rotatable bonds is 10. The van der Waals surface area contributed by atoms with Crippen LogP contribution in [0.1, 0.15) is 6.42 Å². The van der Waals surface area contributed by atoms with Crippen molar-refractivity contribution in [2.75, 3.05) is 24.3 Å². The van der Waals surface area contributed by atoms with Gasteiger partial charge < -0.3 is 19.8 Å². The molecule has 0 saturated heterocycles. The van der Waals surface area contributed by atoms with Gasteiger partial charge in [0.1, 0.15) is 11.4 Å². The number of carbonyl (C=O) groups excluding carboxylic acids is 2. The molecule has 0 aliphatic rings. The zero-order valence-electron chi connectivity index (χ0n) is 19.2. The minimum absolute atomic E-state index is 0.0533. The topological polar surface area (TPSA) is 98.7 Å². The van der Waals surface area contributed by atoms with Crippen molar-refractivity contribution in [2.24, 2.45) is 5.73 Å². The number of hydrogen-bond donors (Lipinski definition) is 1. The Morgan fingerprint density at radius 1 is 0.943 bits per heavy atom. The van der Waals surface area contributed by atoms with Gasteiger partial charge in [-0.05, 0) is 24.3 Å². The number of nitrogens with two attached hydrogens (primary N) is 1. The van der Waals surface area contributed by atoms with E-state index in [1.165, 1.54) is 16.7 Å². The summed E-state index contributed by atoms with van der Waals surface area (Å²) in [6, 6.07) is 26.6. The van der Waals surface area contributed by atoms with Gasteiger partial charge in [0.15, 0.2) is 5.76 Å². The molecule has 8 heteroatoms. The van der Waals surface area contributed by atoms with Crippen LogP contribution in [0.2, 0.25) is 0 Å². The molecular formula is C27H25N3O4S. The van der Waals surface area contributed by atoms with Crippen LogP contribution in [0.4, 0.5) is 5.69 Å². The number of primary amides is 1. The largest absolute Gasteiger partial charge is 0.497 e. The van der Waals surface area contributed by atoms with Crippen molar-refractivity contribution in [3.05, 3.63) is 84.9 Å². The van der Waals surface area contributed by atoms with E-state index in [4.69, 9.17) is 19.9 Å². The van der Waals surface area contributed by atoms with Crippen molar-refractivity contribution < 1.29 is 18.7 Å². The predicted octanol–water partition coefficient (Wildman–Crippen LogP) is 5.02. The lowest BCUT2D eigenvalue weighted by molar-refractivity contribution is -0.118. The molecule has 1 aromatic heterocycles. The maximum Gasteiger partial charge on any atom is 0.257 e. The Labute approximate surface area is 207 Å². The number of amides is 2. The molecule has 178 valence electrons. The highest BCUT2D eigenvalue weighted by molar-refractivity contribution is 7.99. The number of oxazole rings is 1. The monoisotopic (exact) mass is 487 g/mol. The number of anilines is 1. The van der Waals surface area contributed by atoms with Crippen LogP contribution in [0.5, 0.6) is 5.75 Å². The van der Waals surface area contributed by atoms with Gasteiger partial charge in [-0.15, -0.1) is 0 Å². The second-order valence-corrected chi connectivity index (χ2v) is 8.56. The number of aromatic nitrogens is 1. The summed E-state index contributed by atoms with van der Waals surface area (Å²) in [4.78, 5) is 30.8. The van der Waals surface area contributed by atoms with Crippen molar-refractivity contribution >= 4 is 29.3 Å². The van der Waals surface area contributed by atoms with Crippen molar-refractivity contribution in [3.8, 4) is 28.3 Å². The van der Waals surface area contributed by atoms with Crippen LogP contribution in [0, 0.1) is 0 Å². The van der Waals surface area contributed by atoms with E-state index in [-0.39, 0.29) is 24.6 Å². The first kappa shape index (κ1) is 24.1. The van der Waals surface area contributed by atoms with E-state index in [1.54, 1.807) is 31.4 Å². The lowest BCUT2D eigenvalue weighted by Gasteiger charge is -2.22. The highest BCUT2D eigenvalue weighted by Crippen LogP contribution is 2.35. The smallest absolute Gasteiger partial charge is 0.257 e. The molecule has 0 spiro atoms. The molecule has 0 radical (unpaired) electrons. The Balaban J connectivity index is 1.56. The van der Waals surface area contributed by atoms with Crippen molar-refractivity contribution in [2.45, 2.75) is 11.6 Å². The standard InChI is InChI=1S/C27H25N3O4S/c1-33-22-14-12-21(13-15-22)30(17-16-23(28)31)24(32)18-35-27-29-25(19-8-4-2-5-9-19)26(34-27)20-10-6-3-7-11-20/h2-15H,16-18H2,1H3,(H2,28,31). The molecule has 7 nitrogen and oxygen atoms in total. The first-order valence-corrected chi connectivity index (χ1v) is 12.0. The van der Waals surface area contributed by atoms with Gasteiger partial charge in [0.05, 0.1) is 12.9 Å². The zero-order chi connectivity index (χ0) is 24.6. The van der Waals surface area contributed by atoms with Gasteiger partial charge in [-0.25, -0.2) is 4.98 Å². The number of thioether (sulfide) groups is 1. The summed E-state index contributed by atoms with van der Waals surface area (Å²) in [6.07, 6.45) is 0.0533. The Morgan fingerprint density at radius 2 is 1.57 bits per heavy atom. The number of ether oxygens (including phenoxy) is 1. The van der Waals surface area contributed by atoms with Crippen LogP contribution >= 0.6 is 11.8 Å². The van der Waals surface area contributed by atoms with Gasteiger partial charge in [-0.2, -0.15) is 0 Å². The van der Waals surface area contributed by atoms with E-state index < -0.39 is 5.91 Å². The molecule has 35 heavy (non-hydrogen) atoms. The van der Waals surface area contributed by atoms with E-state index >= 15 is 0 Å². The number of hydrogen-bond acceptors (Lipinski definition) is 6. The quantitative estimate of drug-likeness (QED) is 0.316. The van der Waals surface area contributed by atoms with Gasteiger partial charge in [0, 0.05) is 29.8 Å². The lowest BCUT2D eigenvalue weighted by Crippen LogP contribution is -2.35. The zero-order valence-corrected chi connectivity index (χ0v) is 20.0. The summed E-state index contributed by atoms with van der Waals surface area (Å²) < 4.78 is 11.3. The molecule has 2 N–H and O–H groups in total. The highest BCUT2D eigenvalue weighted by Gasteiger charge is 2.21. The second kappa shape index (κ2) is 11.4. The molecule has 0 saturated carbocycles. The van der Waals surface area contributed by atoms with Crippen molar-refractivity contribution in [1.82, 2.24) is 4.98 Å². The summed E-state index contributed by atoms with van der Waals surface area (Å²) >= 11 is 1.21. The Bertz CT molecular complexity index is 1220. The van der Waals surface area contributed by atoms with Crippen LogP contribution in [-0.4, -0.2) is 36.2 Å². The van der Waals surface area contributed by atoms with E-state index in [9.17, 15) is 9.59 Å². The molecule has 0 unspecified atom stereocenters. The molecule has 2 amide bonds. The van der Waals surface area contributed by atoms with E-state index in [0.29, 0.717) is 28.1 Å². The Hall–Kier alpha value is -4.04. The predicted molar refractivity (Wildman–Crippen MR) is 137 cm³/mol. The molecule has 0 aliphatic carbocycles. The molecule has 0 fully saturated rings. The molecule has 0 atom stereocenters. The second-order valence-electron chi connectivity index (χ2n) is 7.64. The first-order valence-electron chi connectivity index (χ1n) is 11.0. The molecule has 4 rings (SSSR count). The SMILES string of the molecule is COc1ccc(N(CCC(N)=O)C(=O)CSc2nc(-c3ccccc3)c(-c3ccccc3)o2)cc1. The first-order chi connectivity index (χ1) is 17.0. The molecule has 0 aliphatic heterocycles. The molecule has 0 bridgehead atoms. The Morgan fingerprint density at radius 3 is 2.17 bits per heavy atom. The number of carbonyl (C=O) groups is 2. The number of methoxy groups -OCH3 is 1. The van der Waals surface area contributed by atoms with Gasteiger partial charge in [0.2, 0.25) is 11.8 Å². The molecule has 4 aromatic rings. The maximum atomic E-state index is 13.2. The third kappa shape index (κ3) is 6.10. The minimum atomic E-state index is -0.475. The lowest BCUT2D eigenvalue weighted by atomic mass is 10.1. The van der Waals surface area contributed by atoms with E-state index in [0.717, 1.165) is 11.1 Å². The van der Waals surface area contributed by atoms with Crippen molar-refractivity contribution in [3.63, 3.8) is 0 Å². The normalized spacial score (nSPS) is 10.7. The molecule has 3 aromatic carbocycles. The van der Waals surface area contributed by atoms with Crippen LogP contribution in [-0.2, 0) is 9.59 Å². The average Bonchev–Trinajstić information content (AvgIpc) is 3.33. The van der Waals surface area contributed by atoms with Gasteiger partial charge in [-0.3, -0.25) is 9.59 Å². The third-order valence-corrected chi connectivity index (χ3v) is 6.09. The number of nitrogens with zero attached hydrogens (tertiary/aromatic N) is 2.